The zero-order valence-electron chi connectivity index (χ0n) is 8.13. The number of aromatic nitrogens is 2. The van der Waals surface area contributed by atoms with E-state index in [1.165, 1.54) is 0 Å². The molecule has 0 aliphatic carbocycles. The Morgan fingerprint density at radius 1 is 1.62 bits per heavy atom. The van der Waals surface area contributed by atoms with Crippen LogP contribution in [0.3, 0.4) is 0 Å². The first-order valence-electron chi connectivity index (χ1n) is 4.17. The average Bonchev–Trinajstić information content (AvgIpc) is 2.34. The molecule has 1 N–H and O–H groups in total. The molecule has 72 valence electrons. The van der Waals surface area contributed by atoms with Crippen LogP contribution in [0.15, 0.2) is 12.4 Å². The highest BCUT2D eigenvalue weighted by atomic mass is 28.4. The summed E-state index contributed by atoms with van der Waals surface area (Å²) in [7, 11) is -1.74. The van der Waals surface area contributed by atoms with Gasteiger partial charge in [0.2, 0.25) is 8.32 Å². The number of carbonyl (C=O) groups excluding carboxylic acids is 1. The summed E-state index contributed by atoms with van der Waals surface area (Å²) in [6.45, 7) is 5.94. The van der Waals surface area contributed by atoms with Gasteiger partial charge < -0.3 is 9.41 Å². The molecule has 0 aliphatic rings. The molecule has 0 aromatic carbocycles. The summed E-state index contributed by atoms with van der Waals surface area (Å²) in [5.41, 5.74) is 0. The second-order valence-electron chi connectivity index (χ2n) is 3.80. The van der Waals surface area contributed by atoms with E-state index in [2.05, 4.69) is 9.97 Å². The zero-order valence-corrected chi connectivity index (χ0v) is 9.13. The van der Waals surface area contributed by atoms with Gasteiger partial charge in [-0.2, -0.15) is 0 Å². The van der Waals surface area contributed by atoms with Gasteiger partial charge in [0.15, 0.2) is 0 Å². The molecule has 0 saturated carbocycles. The number of hydrogen-bond donors (Lipinski definition) is 1. The molecule has 0 unspecified atom stereocenters. The van der Waals surface area contributed by atoms with Gasteiger partial charge in [-0.1, -0.05) is 0 Å². The van der Waals surface area contributed by atoms with E-state index >= 15 is 0 Å². The number of nitrogens with zero attached hydrogens (tertiary/aromatic N) is 1. The highest BCUT2D eigenvalue weighted by Crippen LogP contribution is 2.04. The lowest BCUT2D eigenvalue weighted by Crippen LogP contribution is -2.30. The molecule has 0 fully saturated rings. The first-order valence-corrected chi connectivity index (χ1v) is 7.58. The quantitative estimate of drug-likeness (QED) is 0.745. The summed E-state index contributed by atoms with van der Waals surface area (Å²) >= 11 is 0. The Labute approximate surface area is 78.5 Å². The van der Waals surface area contributed by atoms with Gasteiger partial charge in [0.05, 0.1) is 0 Å². The summed E-state index contributed by atoms with van der Waals surface area (Å²) in [5, 5.41) is 0. The van der Waals surface area contributed by atoms with Crippen molar-refractivity contribution in [3.05, 3.63) is 18.2 Å². The predicted molar refractivity (Wildman–Crippen MR) is 51.7 cm³/mol. The fourth-order valence-electron chi connectivity index (χ4n) is 0.909. The van der Waals surface area contributed by atoms with Crippen LogP contribution in [0.4, 0.5) is 0 Å². The number of carbonyl (C=O) groups is 1. The second kappa shape index (κ2) is 3.74. The second-order valence-corrected chi connectivity index (χ2v) is 8.23. The normalized spacial score (nSPS) is 11.3. The Hall–Kier alpha value is -1.10. The van der Waals surface area contributed by atoms with Crippen LogP contribution < -0.4 is 0 Å². The molecule has 1 rings (SSSR count). The van der Waals surface area contributed by atoms with E-state index in [-0.39, 0.29) is 12.4 Å². The molecular formula is C8H14N2O2Si. The Morgan fingerprint density at radius 2 is 2.31 bits per heavy atom. The van der Waals surface area contributed by atoms with E-state index in [1.54, 1.807) is 12.4 Å². The van der Waals surface area contributed by atoms with Crippen molar-refractivity contribution < 1.29 is 9.22 Å². The van der Waals surface area contributed by atoms with Crippen LogP contribution in [0.25, 0.3) is 0 Å². The van der Waals surface area contributed by atoms with E-state index in [0.29, 0.717) is 5.82 Å². The van der Waals surface area contributed by atoms with Crippen LogP contribution in [0.5, 0.6) is 0 Å². The van der Waals surface area contributed by atoms with Crippen molar-refractivity contribution in [2.75, 3.05) is 0 Å². The molecule has 1 aromatic heterocycles. The lowest BCUT2D eigenvalue weighted by molar-refractivity contribution is -0.134. The largest absolute Gasteiger partial charge is 0.520 e. The highest BCUT2D eigenvalue weighted by molar-refractivity contribution is 6.71. The van der Waals surface area contributed by atoms with Crippen LogP contribution in [0.1, 0.15) is 5.82 Å². The fourth-order valence-corrected chi connectivity index (χ4v) is 1.66. The van der Waals surface area contributed by atoms with Gasteiger partial charge in [-0.25, -0.2) is 4.98 Å². The summed E-state index contributed by atoms with van der Waals surface area (Å²) < 4.78 is 5.25. The number of H-pyrrole nitrogens is 1. The van der Waals surface area contributed by atoms with E-state index in [4.69, 9.17) is 4.43 Å². The van der Waals surface area contributed by atoms with Crippen molar-refractivity contribution >= 4 is 14.3 Å². The van der Waals surface area contributed by atoms with E-state index in [1.807, 2.05) is 19.6 Å². The predicted octanol–water partition coefficient (Wildman–Crippen LogP) is 1.33. The van der Waals surface area contributed by atoms with Gasteiger partial charge in [-0.3, -0.25) is 4.79 Å². The van der Waals surface area contributed by atoms with E-state index < -0.39 is 8.32 Å². The summed E-state index contributed by atoms with van der Waals surface area (Å²) in [4.78, 5) is 18.1. The molecule has 0 spiro atoms. The topological polar surface area (TPSA) is 55.0 Å². The van der Waals surface area contributed by atoms with Gasteiger partial charge in [-0.05, 0) is 19.6 Å². The monoisotopic (exact) mass is 198 g/mol. The third-order valence-electron chi connectivity index (χ3n) is 1.29. The Morgan fingerprint density at radius 3 is 2.77 bits per heavy atom. The fraction of sp³-hybridized carbons (Fsp3) is 0.500. The third kappa shape index (κ3) is 3.89. The highest BCUT2D eigenvalue weighted by Gasteiger charge is 2.20. The molecule has 0 saturated heterocycles. The molecule has 0 aliphatic heterocycles. The van der Waals surface area contributed by atoms with Crippen LogP contribution in [0, 0.1) is 0 Å². The number of hydrogen-bond acceptors (Lipinski definition) is 3. The summed E-state index contributed by atoms with van der Waals surface area (Å²) in [6.07, 6.45) is 3.55. The smallest absolute Gasteiger partial charge is 0.300 e. The molecular weight excluding hydrogens is 184 g/mol. The van der Waals surface area contributed by atoms with Gasteiger partial charge in [0, 0.05) is 12.4 Å². The van der Waals surface area contributed by atoms with Crippen molar-refractivity contribution in [1.29, 1.82) is 0 Å². The standard InChI is InChI=1S/C8H14N2O2Si/c1-13(2,3)12-8(11)6-7-9-4-5-10-7/h4-5H,6H2,1-3H3,(H,9,10). The third-order valence-corrected chi connectivity index (χ3v) is 2.13. The summed E-state index contributed by atoms with van der Waals surface area (Å²) in [6, 6.07) is 0. The van der Waals surface area contributed by atoms with Gasteiger partial charge in [0.25, 0.3) is 5.97 Å². The summed E-state index contributed by atoms with van der Waals surface area (Å²) in [5.74, 6) is 0.456. The first-order chi connectivity index (χ1) is 5.97. The maximum atomic E-state index is 11.3. The molecule has 13 heavy (non-hydrogen) atoms. The van der Waals surface area contributed by atoms with Crippen LogP contribution >= 0.6 is 0 Å². The minimum atomic E-state index is -1.74. The van der Waals surface area contributed by atoms with E-state index in [0.717, 1.165) is 0 Å². The van der Waals surface area contributed by atoms with E-state index in [9.17, 15) is 4.79 Å². The molecule has 1 heterocycles. The number of nitrogens with one attached hydrogen (secondary N) is 1. The molecule has 0 radical (unpaired) electrons. The molecule has 4 nitrogen and oxygen atoms in total. The van der Waals surface area contributed by atoms with Crippen LogP contribution in [-0.2, 0) is 15.6 Å². The van der Waals surface area contributed by atoms with Crippen molar-refractivity contribution in [3.63, 3.8) is 0 Å². The van der Waals surface area contributed by atoms with Crippen molar-refractivity contribution in [2.45, 2.75) is 26.1 Å². The lowest BCUT2D eigenvalue weighted by atomic mass is 10.4. The van der Waals surface area contributed by atoms with Gasteiger partial charge >= 0.3 is 0 Å². The molecule has 1 aromatic rings. The number of aromatic amines is 1. The Kier molecular flexibility index (Phi) is 2.87. The minimum absolute atomic E-state index is 0.200. The van der Waals surface area contributed by atoms with Gasteiger partial charge in [-0.15, -0.1) is 0 Å². The SMILES string of the molecule is C[Si](C)(C)OC(=O)Cc1ncc[nH]1. The lowest BCUT2D eigenvalue weighted by Gasteiger charge is -2.16. The maximum absolute atomic E-state index is 11.3. The molecule has 0 bridgehead atoms. The van der Waals surface area contributed by atoms with Crippen LogP contribution in [0.2, 0.25) is 19.6 Å². The van der Waals surface area contributed by atoms with Crippen molar-refractivity contribution in [2.24, 2.45) is 0 Å². The minimum Gasteiger partial charge on any atom is -0.520 e. The van der Waals surface area contributed by atoms with Crippen molar-refractivity contribution in [3.8, 4) is 0 Å². The first kappa shape index (κ1) is 9.98. The average molecular weight is 198 g/mol. The van der Waals surface area contributed by atoms with Gasteiger partial charge in [0.1, 0.15) is 12.2 Å². The molecule has 0 atom stereocenters. The maximum Gasteiger partial charge on any atom is 0.300 e. The number of imidazole rings is 1. The Bertz CT molecular complexity index is 277. The van der Waals surface area contributed by atoms with Crippen LogP contribution in [-0.4, -0.2) is 24.3 Å². The Balaban J connectivity index is 2.43. The number of rotatable bonds is 3. The molecule has 5 heteroatoms. The molecule has 0 amide bonds. The zero-order chi connectivity index (χ0) is 9.90. The van der Waals surface area contributed by atoms with Crippen molar-refractivity contribution in [1.82, 2.24) is 9.97 Å².